The van der Waals surface area contributed by atoms with Gasteiger partial charge in [-0.3, -0.25) is 0 Å². The molecule has 2 aromatic rings. The highest BCUT2D eigenvalue weighted by atomic mass is 32.2. The summed E-state index contributed by atoms with van der Waals surface area (Å²) in [7, 11) is -1.75. The number of thiazole rings is 1. The summed E-state index contributed by atoms with van der Waals surface area (Å²) in [6.07, 6.45) is -0.766. The highest BCUT2D eigenvalue weighted by molar-refractivity contribution is 7.88. The summed E-state index contributed by atoms with van der Waals surface area (Å²) >= 11 is 0.790. The maximum atomic E-state index is 14.6. The number of hydrogen-bond donors (Lipinski definition) is 1. The first kappa shape index (κ1) is 24.2. The predicted octanol–water partition coefficient (Wildman–Crippen LogP) is 3.49. The van der Waals surface area contributed by atoms with E-state index >= 15 is 0 Å². The van der Waals surface area contributed by atoms with Crippen LogP contribution in [-0.2, 0) is 20.9 Å². The first-order chi connectivity index (χ1) is 15.5. The molecule has 1 aliphatic carbocycles. The van der Waals surface area contributed by atoms with Gasteiger partial charge in [0.15, 0.2) is 11.5 Å². The molecule has 0 radical (unpaired) electrons. The SMILES string of the molecule is CO[C@H]1C[C@H](c2nc(C(F)(F)F)c(-c3nc(NC4CCN(S(C)(=O)=O)CC4)ncc3F)s2)C1. The molecule has 0 atom stereocenters. The lowest BCUT2D eigenvalue weighted by molar-refractivity contribution is -0.140. The van der Waals surface area contributed by atoms with Gasteiger partial charge in [-0.1, -0.05) is 0 Å². The Labute approximate surface area is 192 Å². The van der Waals surface area contributed by atoms with Gasteiger partial charge in [-0.25, -0.2) is 32.1 Å². The van der Waals surface area contributed by atoms with E-state index in [1.54, 1.807) is 7.11 Å². The molecular formula is C19H23F4N5O3S2. The van der Waals surface area contributed by atoms with E-state index in [-0.39, 0.29) is 33.9 Å². The largest absolute Gasteiger partial charge is 0.434 e. The van der Waals surface area contributed by atoms with Crippen molar-refractivity contribution in [3.63, 3.8) is 0 Å². The lowest BCUT2D eigenvalue weighted by Crippen LogP contribution is -2.42. The molecule has 4 rings (SSSR count). The Balaban J connectivity index is 1.57. The van der Waals surface area contributed by atoms with Gasteiger partial charge in [-0.05, 0) is 25.7 Å². The molecule has 0 aromatic carbocycles. The summed E-state index contributed by atoms with van der Waals surface area (Å²) in [5.41, 5.74) is -1.62. The summed E-state index contributed by atoms with van der Waals surface area (Å²) in [6.45, 7) is 0.593. The number of anilines is 1. The molecule has 0 amide bonds. The summed E-state index contributed by atoms with van der Waals surface area (Å²) in [5.74, 6) is -1.16. The molecule has 33 heavy (non-hydrogen) atoms. The molecule has 2 aromatic heterocycles. The molecule has 1 saturated heterocycles. The van der Waals surface area contributed by atoms with Crippen LogP contribution in [0.2, 0.25) is 0 Å². The monoisotopic (exact) mass is 509 g/mol. The van der Waals surface area contributed by atoms with E-state index in [0.717, 1.165) is 23.8 Å². The number of alkyl halides is 3. The first-order valence-corrected chi connectivity index (χ1v) is 13.0. The van der Waals surface area contributed by atoms with Crippen molar-refractivity contribution >= 4 is 27.3 Å². The van der Waals surface area contributed by atoms with Crippen molar-refractivity contribution in [2.45, 2.75) is 49.9 Å². The lowest BCUT2D eigenvalue weighted by Gasteiger charge is -2.32. The normalized spacial score (nSPS) is 22.8. The molecule has 2 fully saturated rings. The Morgan fingerprint density at radius 2 is 1.88 bits per heavy atom. The Bertz CT molecular complexity index is 1110. The zero-order chi connectivity index (χ0) is 24.0. The Kier molecular flexibility index (Phi) is 6.64. The standard InChI is InChI=1S/C19H23F4N5O3S2/c1-31-12-7-10(8-12)17-27-16(19(21,22)23)15(32-17)14-13(20)9-24-18(26-14)25-11-3-5-28(6-4-11)33(2,29)30/h9-12H,3-8H2,1-2H3,(H,24,25,26)/t10-,12-. The first-order valence-electron chi connectivity index (χ1n) is 10.3. The summed E-state index contributed by atoms with van der Waals surface area (Å²) in [6, 6.07) is -0.193. The zero-order valence-corrected chi connectivity index (χ0v) is 19.5. The average Bonchev–Trinajstić information content (AvgIpc) is 3.14. The zero-order valence-electron chi connectivity index (χ0n) is 17.9. The second-order valence-corrected chi connectivity index (χ2v) is 11.2. The molecule has 0 spiro atoms. The minimum atomic E-state index is -4.77. The van der Waals surface area contributed by atoms with Crippen molar-refractivity contribution < 1.29 is 30.7 Å². The molecule has 1 saturated carbocycles. The number of piperidine rings is 1. The minimum absolute atomic E-state index is 0.0163. The fourth-order valence-electron chi connectivity index (χ4n) is 3.93. The number of hydrogen-bond acceptors (Lipinski definition) is 8. The number of methoxy groups -OCH3 is 1. The van der Waals surface area contributed by atoms with Crippen LogP contribution in [0.1, 0.15) is 42.3 Å². The van der Waals surface area contributed by atoms with Crippen molar-refractivity contribution in [2.75, 3.05) is 31.8 Å². The summed E-state index contributed by atoms with van der Waals surface area (Å²) in [4.78, 5) is 11.3. The maximum absolute atomic E-state index is 14.6. The van der Waals surface area contributed by atoms with Crippen LogP contribution >= 0.6 is 11.3 Å². The third-order valence-corrected chi connectivity index (χ3v) is 8.43. The van der Waals surface area contributed by atoms with Crippen molar-refractivity contribution in [2.24, 2.45) is 0 Å². The van der Waals surface area contributed by atoms with Crippen LogP contribution in [0.4, 0.5) is 23.5 Å². The van der Waals surface area contributed by atoms with Gasteiger partial charge in [0.1, 0.15) is 5.69 Å². The van der Waals surface area contributed by atoms with Gasteiger partial charge in [0.2, 0.25) is 16.0 Å². The molecule has 14 heteroatoms. The van der Waals surface area contributed by atoms with Gasteiger partial charge in [0, 0.05) is 32.2 Å². The van der Waals surface area contributed by atoms with E-state index in [1.807, 2.05) is 0 Å². The lowest BCUT2D eigenvalue weighted by atomic mass is 9.83. The van der Waals surface area contributed by atoms with Crippen LogP contribution in [-0.4, -0.2) is 66.3 Å². The van der Waals surface area contributed by atoms with Crippen molar-refractivity contribution in [1.82, 2.24) is 19.3 Å². The van der Waals surface area contributed by atoms with Crippen LogP contribution in [0, 0.1) is 5.82 Å². The van der Waals surface area contributed by atoms with Crippen LogP contribution < -0.4 is 5.32 Å². The number of sulfonamides is 1. The molecule has 182 valence electrons. The van der Waals surface area contributed by atoms with Gasteiger partial charge in [-0.2, -0.15) is 13.2 Å². The highest BCUT2D eigenvalue weighted by Gasteiger charge is 2.42. The topological polar surface area (TPSA) is 97.3 Å². The Morgan fingerprint density at radius 1 is 1.21 bits per heavy atom. The van der Waals surface area contributed by atoms with Gasteiger partial charge in [-0.15, -0.1) is 11.3 Å². The molecule has 0 unspecified atom stereocenters. The summed E-state index contributed by atoms with van der Waals surface area (Å²) < 4.78 is 85.5. The molecular weight excluding hydrogens is 486 g/mol. The number of nitrogens with zero attached hydrogens (tertiary/aromatic N) is 4. The van der Waals surface area contributed by atoms with Crippen molar-refractivity contribution in [3.05, 3.63) is 22.7 Å². The molecule has 1 N–H and O–H groups in total. The second kappa shape index (κ2) is 9.04. The maximum Gasteiger partial charge on any atom is 0.434 e. The van der Waals surface area contributed by atoms with E-state index < -0.39 is 33.4 Å². The summed E-state index contributed by atoms with van der Waals surface area (Å²) in [5, 5.41) is 3.27. The van der Waals surface area contributed by atoms with Crippen LogP contribution in [0.15, 0.2) is 6.20 Å². The fourth-order valence-corrected chi connectivity index (χ4v) is 6.01. The Morgan fingerprint density at radius 3 is 2.45 bits per heavy atom. The van der Waals surface area contributed by atoms with E-state index in [9.17, 15) is 26.0 Å². The molecule has 3 heterocycles. The third kappa shape index (κ3) is 5.28. The quantitative estimate of drug-likeness (QED) is 0.596. The van der Waals surface area contributed by atoms with Gasteiger partial charge in [0.05, 0.1) is 28.4 Å². The van der Waals surface area contributed by atoms with Crippen LogP contribution in [0.3, 0.4) is 0 Å². The van der Waals surface area contributed by atoms with E-state index in [2.05, 4.69) is 20.3 Å². The van der Waals surface area contributed by atoms with Crippen LogP contribution in [0.25, 0.3) is 10.6 Å². The number of nitrogens with one attached hydrogen (secondary N) is 1. The van der Waals surface area contributed by atoms with Crippen molar-refractivity contribution in [3.8, 4) is 10.6 Å². The highest BCUT2D eigenvalue weighted by Crippen LogP contribution is 2.46. The smallest absolute Gasteiger partial charge is 0.381 e. The van der Waals surface area contributed by atoms with E-state index in [0.29, 0.717) is 38.8 Å². The molecule has 2 aliphatic rings. The Hall–Kier alpha value is -1.90. The number of rotatable bonds is 6. The number of halogens is 4. The molecule has 1 aliphatic heterocycles. The number of aromatic nitrogens is 3. The van der Waals surface area contributed by atoms with Crippen LogP contribution in [0.5, 0.6) is 0 Å². The van der Waals surface area contributed by atoms with E-state index in [4.69, 9.17) is 4.74 Å². The second-order valence-electron chi connectivity index (χ2n) is 8.22. The number of ether oxygens (including phenoxy) is 1. The van der Waals surface area contributed by atoms with Gasteiger partial charge in [0.25, 0.3) is 0 Å². The van der Waals surface area contributed by atoms with Gasteiger partial charge < -0.3 is 10.1 Å². The fraction of sp³-hybridized carbons (Fsp3) is 0.632. The minimum Gasteiger partial charge on any atom is -0.381 e. The molecule has 8 nitrogen and oxygen atoms in total. The average molecular weight is 510 g/mol. The van der Waals surface area contributed by atoms with E-state index in [1.165, 1.54) is 4.31 Å². The van der Waals surface area contributed by atoms with Gasteiger partial charge >= 0.3 is 6.18 Å². The molecule has 0 bridgehead atoms. The van der Waals surface area contributed by atoms with Crippen molar-refractivity contribution in [1.29, 1.82) is 0 Å². The third-order valence-electron chi connectivity index (χ3n) is 5.90. The predicted molar refractivity (Wildman–Crippen MR) is 114 cm³/mol.